The van der Waals surface area contributed by atoms with Gasteiger partial charge in [-0.15, -0.1) is 0 Å². The van der Waals surface area contributed by atoms with Crippen molar-refractivity contribution in [2.75, 3.05) is 13.1 Å². The van der Waals surface area contributed by atoms with Crippen LogP contribution in [0.3, 0.4) is 0 Å². The third-order valence-electron chi connectivity index (χ3n) is 4.42. The normalized spacial score (nSPS) is 21.1. The zero-order chi connectivity index (χ0) is 16.4. The van der Waals surface area contributed by atoms with Crippen LogP contribution in [0.5, 0.6) is 0 Å². The SMILES string of the molecule is Cc1cc(C[C@@H]2CN(C(=O)CCc3ccnn3C)C[C@H]2O)on1. The summed E-state index contributed by atoms with van der Waals surface area (Å²) in [6.45, 7) is 2.82. The van der Waals surface area contributed by atoms with Crippen LogP contribution in [0.1, 0.15) is 23.6 Å². The van der Waals surface area contributed by atoms with Gasteiger partial charge in [0.15, 0.2) is 0 Å². The van der Waals surface area contributed by atoms with E-state index in [1.165, 1.54) is 0 Å². The van der Waals surface area contributed by atoms with Gasteiger partial charge in [0.2, 0.25) is 5.91 Å². The fraction of sp³-hybridized carbons (Fsp3) is 0.562. The largest absolute Gasteiger partial charge is 0.391 e. The van der Waals surface area contributed by atoms with E-state index in [-0.39, 0.29) is 11.8 Å². The molecule has 0 aromatic carbocycles. The van der Waals surface area contributed by atoms with E-state index in [4.69, 9.17) is 4.52 Å². The number of carbonyl (C=O) groups is 1. The Morgan fingerprint density at radius 2 is 2.30 bits per heavy atom. The van der Waals surface area contributed by atoms with Crippen LogP contribution in [0.25, 0.3) is 0 Å². The molecule has 0 radical (unpaired) electrons. The molecule has 1 amide bonds. The van der Waals surface area contributed by atoms with Gasteiger partial charge in [-0.1, -0.05) is 5.16 Å². The summed E-state index contributed by atoms with van der Waals surface area (Å²) in [7, 11) is 1.87. The first kappa shape index (κ1) is 15.7. The van der Waals surface area contributed by atoms with E-state index in [0.717, 1.165) is 17.1 Å². The molecular formula is C16H22N4O3. The molecule has 1 N–H and O–H groups in total. The Morgan fingerprint density at radius 3 is 2.96 bits per heavy atom. The lowest BCUT2D eigenvalue weighted by Gasteiger charge is -2.15. The molecule has 2 aromatic rings. The first-order valence-electron chi connectivity index (χ1n) is 7.88. The highest BCUT2D eigenvalue weighted by molar-refractivity contribution is 5.76. The van der Waals surface area contributed by atoms with Crippen molar-refractivity contribution in [3.8, 4) is 0 Å². The third kappa shape index (κ3) is 3.61. The molecule has 0 aliphatic carbocycles. The van der Waals surface area contributed by atoms with E-state index in [9.17, 15) is 9.90 Å². The number of nitrogens with zero attached hydrogens (tertiary/aromatic N) is 4. The van der Waals surface area contributed by atoms with Gasteiger partial charge in [0.1, 0.15) is 5.76 Å². The second kappa shape index (κ2) is 6.54. The van der Waals surface area contributed by atoms with E-state index in [1.54, 1.807) is 15.8 Å². The number of likely N-dealkylation sites (tertiary alicyclic amines) is 1. The molecule has 1 aliphatic rings. The van der Waals surface area contributed by atoms with Gasteiger partial charge in [0.25, 0.3) is 0 Å². The van der Waals surface area contributed by atoms with Gasteiger partial charge >= 0.3 is 0 Å². The summed E-state index contributed by atoms with van der Waals surface area (Å²) in [5.41, 5.74) is 1.86. The van der Waals surface area contributed by atoms with Crippen molar-refractivity contribution in [2.45, 2.75) is 32.3 Å². The predicted octanol–water partition coefficient (Wildman–Crippen LogP) is 0.711. The zero-order valence-electron chi connectivity index (χ0n) is 13.5. The maximum atomic E-state index is 12.3. The van der Waals surface area contributed by atoms with Crippen LogP contribution in [-0.2, 0) is 24.7 Å². The molecule has 3 heterocycles. The number of rotatable bonds is 5. The average molecular weight is 318 g/mol. The van der Waals surface area contributed by atoms with Crippen LogP contribution >= 0.6 is 0 Å². The zero-order valence-corrected chi connectivity index (χ0v) is 13.5. The highest BCUT2D eigenvalue weighted by Gasteiger charge is 2.34. The highest BCUT2D eigenvalue weighted by Crippen LogP contribution is 2.22. The lowest BCUT2D eigenvalue weighted by molar-refractivity contribution is -0.130. The predicted molar refractivity (Wildman–Crippen MR) is 82.5 cm³/mol. The van der Waals surface area contributed by atoms with E-state index in [0.29, 0.717) is 32.4 Å². The molecule has 7 nitrogen and oxygen atoms in total. The van der Waals surface area contributed by atoms with E-state index in [1.807, 2.05) is 26.1 Å². The summed E-state index contributed by atoms with van der Waals surface area (Å²) >= 11 is 0. The Bertz CT molecular complexity index is 678. The minimum atomic E-state index is -0.513. The number of aliphatic hydroxyl groups excluding tert-OH is 1. The second-order valence-electron chi connectivity index (χ2n) is 6.21. The molecule has 0 saturated carbocycles. The monoisotopic (exact) mass is 318 g/mol. The van der Waals surface area contributed by atoms with Gasteiger partial charge in [0.05, 0.1) is 11.8 Å². The number of hydrogen-bond donors (Lipinski definition) is 1. The number of amides is 1. The van der Waals surface area contributed by atoms with Crippen molar-refractivity contribution in [3.63, 3.8) is 0 Å². The van der Waals surface area contributed by atoms with Crippen LogP contribution in [0.15, 0.2) is 22.9 Å². The number of hydrogen-bond acceptors (Lipinski definition) is 5. The smallest absolute Gasteiger partial charge is 0.223 e. The minimum Gasteiger partial charge on any atom is -0.391 e. The molecule has 1 aliphatic heterocycles. The summed E-state index contributed by atoms with van der Waals surface area (Å²) in [4.78, 5) is 14.1. The Balaban J connectivity index is 1.53. The van der Waals surface area contributed by atoms with Gasteiger partial charge in [0, 0.05) is 56.9 Å². The van der Waals surface area contributed by atoms with Gasteiger partial charge in [-0.2, -0.15) is 5.10 Å². The van der Waals surface area contributed by atoms with Gasteiger partial charge in [-0.05, 0) is 19.4 Å². The molecule has 2 aromatic heterocycles. The van der Waals surface area contributed by atoms with Gasteiger partial charge < -0.3 is 14.5 Å². The lowest BCUT2D eigenvalue weighted by Crippen LogP contribution is -2.29. The van der Waals surface area contributed by atoms with Gasteiger partial charge in [-0.3, -0.25) is 9.48 Å². The minimum absolute atomic E-state index is 0.00278. The molecule has 1 fully saturated rings. The molecule has 1 saturated heterocycles. The number of aryl methyl sites for hydroxylation is 3. The fourth-order valence-corrected chi connectivity index (χ4v) is 3.07. The Kier molecular flexibility index (Phi) is 4.47. The van der Waals surface area contributed by atoms with Crippen LogP contribution in [0.4, 0.5) is 0 Å². The Hall–Kier alpha value is -2.15. The quantitative estimate of drug-likeness (QED) is 0.878. The molecule has 0 spiro atoms. The molecular weight excluding hydrogens is 296 g/mol. The topological polar surface area (TPSA) is 84.4 Å². The second-order valence-corrected chi connectivity index (χ2v) is 6.21. The average Bonchev–Trinajstić information content (AvgIpc) is 3.20. The van der Waals surface area contributed by atoms with Crippen molar-refractivity contribution in [2.24, 2.45) is 13.0 Å². The molecule has 124 valence electrons. The molecule has 2 atom stereocenters. The lowest BCUT2D eigenvalue weighted by atomic mass is 10.0. The van der Waals surface area contributed by atoms with Crippen molar-refractivity contribution in [1.82, 2.24) is 19.8 Å². The highest BCUT2D eigenvalue weighted by atomic mass is 16.5. The van der Waals surface area contributed by atoms with Crippen molar-refractivity contribution < 1.29 is 14.4 Å². The molecule has 0 bridgehead atoms. The summed E-state index contributed by atoms with van der Waals surface area (Å²) in [5.74, 6) is 0.834. The summed E-state index contributed by atoms with van der Waals surface area (Å²) in [5, 5.41) is 18.2. The van der Waals surface area contributed by atoms with E-state index in [2.05, 4.69) is 10.3 Å². The standard InChI is InChI=1S/C16H22N4O3/c1-11-7-14(23-18-11)8-12-9-20(10-15(12)21)16(22)4-3-13-5-6-17-19(13)2/h5-7,12,15,21H,3-4,8-10H2,1-2H3/t12-,15-/m1/s1. The number of carbonyl (C=O) groups excluding carboxylic acids is 1. The summed E-state index contributed by atoms with van der Waals surface area (Å²) < 4.78 is 6.98. The van der Waals surface area contributed by atoms with Crippen molar-refractivity contribution in [1.29, 1.82) is 0 Å². The maximum Gasteiger partial charge on any atom is 0.223 e. The third-order valence-corrected chi connectivity index (χ3v) is 4.42. The van der Waals surface area contributed by atoms with Crippen LogP contribution < -0.4 is 0 Å². The molecule has 0 unspecified atom stereocenters. The van der Waals surface area contributed by atoms with Crippen LogP contribution in [-0.4, -0.2) is 50.0 Å². The molecule has 7 heteroatoms. The molecule has 3 rings (SSSR count). The van der Waals surface area contributed by atoms with Gasteiger partial charge in [-0.25, -0.2) is 0 Å². The first-order valence-corrected chi connectivity index (χ1v) is 7.88. The van der Waals surface area contributed by atoms with Crippen molar-refractivity contribution in [3.05, 3.63) is 35.5 Å². The Labute approximate surface area is 134 Å². The van der Waals surface area contributed by atoms with Crippen molar-refractivity contribution >= 4 is 5.91 Å². The Morgan fingerprint density at radius 1 is 1.48 bits per heavy atom. The summed E-state index contributed by atoms with van der Waals surface area (Å²) in [6.07, 6.45) is 2.91. The first-order chi connectivity index (χ1) is 11.0. The fourth-order valence-electron chi connectivity index (χ4n) is 3.07. The van der Waals surface area contributed by atoms with Crippen LogP contribution in [0.2, 0.25) is 0 Å². The molecule has 23 heavy (non-hydrogen) atoms. The summed E-state index contributed by atoms with van der Waals surface area (Å²) in [6, 6.07) is 3.79. The number of aromatic nitrogens is 3. The van der Waals surface area contributed by atoms with E-state index >= 15 is 0 Å². The van der Waals surface area contributed by atoms with E-state index < -0.39 is 6.10 Å². The maximum absolute atomic E-state index is 12.3. The van der Waals surface area contributed by atoms with Crippen LogP contribution in [0, 0.1) is 12.8 Å². The number of aliphatic hydroxyl groups is 1. The number of β-amino-alcohol motifs (C(OH)–C–C–N with tert-alkyl or cyclic N) is 1.